The molecule has 0 saturated carbocycles. The Labute approximate surface area is 412 Å². The number of nitriles is 1. The van der Waals surface area contributed by atoms with Crippen molar-refractivity contribution in [2.24, 2.45) is 5.41 Å². The van der Waals surface area contributed by atoms with Gasteiger partial charge in [-0.15, -0.1) is 11.3 Å². The molecule has 0 radical (unpaired) electrons. The van der Waals surface area contributed by atoms with Crippen molar-refractivity contribution in [2.75, 3.05) is 57.4 Å². The molecule has 6 heterocycles. The minimum atomic E-state index is -0.965. The van der Waals surface area contributed by atoms with E-state index < -0.39 is 35.4 Å². The minimum Gasteiger partial charge on any atom is -0.490 e. The van der Waals surface area contributed by atoms with Crippen molar-refractivity contribution in [1.29, 1.82) is 5.26 Å². The van der Waals surface area contributed by atoms with Crippen LogP contribution in [0.5, 0.6) is 5.75 Å². The standard InChI is InChI=1S/C50H61ClN10O7S/c1-30(32-6-8-33(9-7-32)44-31(2)55-29-69-44)56-46(64)42-22-38(62)27-60(42)48(66)45(50(3,4)5)57-43(63)28-67-19-18-58-14-16-59(17-15-58)49-53-25-35(26-54-49)47(65)61-36-11-12-37(61)21-40(20-36)68-39-13-10-34(24-52)41(51)23-39/h6-10,13,23,25-26,29-30,36-38,40,42,45,62H,11-12,14-22,27-28H2,1-5H3,(H,56,64)(H,57,63)/t30-,36-,37?,38+,40?,42-,45+/m0/s1. The Morgan fingerprint density at radius 1 is 0.971 bits per heavy atom. The van der Waals surface area contributed by atoms with E-state index in [1.54, 1.807) is 41.9 Å². The largest absolute Gasteiger partial charge is 0.490 e. The zero-order valence-corrected chi connectivity index (χ0v) is 41.3. The van der Waals surface area contributed by atoms with Crippen LogP contribution in [-0.4, -0.2) is 147 Å². The van der Waals surface area contributed by atoms with Gasteiger partial charge < -0.3 is 39.9 Å². The SMILES string of the molecule is Cc1ncsc1-c1ccc([C@H](C)NC(=O)[C@@H]2C[C@@H](O)CN2C(=O)[C@@H](NC(=O)COCCN2CCN(c3ncc(C(=O)N4C5CC[C@H]4CC(Oc4ccc(C#N)c(Cl)c4)C5)cn3)CC2)C(C)(C)C)cc1. The fourth-order valence-corrected chi connectivity index (χ4v) is 10.9. The van der Waals surface area contributed by atoms with E-state index in [1.165, 1.54) is 4.90 Å². The number of nitrogens with zero attached hydrogens (tertiary/aromatic N) is 8. The summed E-state index contributed by atoms with van der Waals surface area (Å²) in [5, 5.41) is 26.1. The lowest BCUT2D eigenvalue weighted by Crippen LogP contribution is -2.58. The summed E-state index contributed by atoms with van der Waals surface area (Å²) in [5.41, 5.74) is 4.88. The fourth-order valence-electron chi connectivity index (χ4n) is 9.90. The van der Waals surface area contributed by atoms with Gasteiger partial charge in [0.2, 0.25) is 23.7 Å². The molecule has 4 aromatic rings. The van der Waals surface area contributed by atoms with Crippen LogP contribution in [0, 0.1) is 23.7 Å². The van der Waals surface area contributed by atoms with E-state index in [2.05, 4.69) is 41.5 Å². The molecule has 3 N–H and O–H groups in total. The summed E-state index contributed by atoms with van der Waals surface area (Å²) in [7, 11) is 0. The number of β-amino-alcohol motifs (C(OH)–C–C–N with tert-alkyl or cyclic N) is 1. The van der Waals surface area contributed by atoms with Gasteiger partial charge in [-0.2, -0.15) is 5.26 Å². The highest BCUT2D eigenvalue weighted by molar-refractivity contribution is 7.13. The van der Waals surface area contributed by atoms with Gasteiger partial charge in [0.05, 0.1) is 51.0 Å². The van der Waals surface area contributed by atoms with Gasteiger partial charge in [0.15, 0.2) is 0 Å². The first-order valence-electron chi connectivity index (χ1n) is 23.7. The number of aliphatic hydroxyl groups excluding tert-OH is 1. The van der Waals surface area contributed by atoms with Crippen LogP contribution in [0.1, 0.15) is 93.0 Å². The Balaban J connectivity index is 0.756. The monoisotopic (exact) mass is 980 g/mol. The number of benzene rings is 2. The van der Waals surface area contributed by atoms with E-state index >= 15 is 0 Å². The van der Waals surface area contributed by atoms with Crippen LogP contribution >= 0.6 is 22.9 Å². The Bertz CT molecular complexity index is 2510. The zero-order chi connectivity index (χ0) is 49.0. The van der Waals surface area contributed by atoms with Gasteiger partial charge >= 0.3 is 0 Å². The van der Waals surface area contributed by atoms with Crippen molar-refractivity contribution in [3.05, 3.63) is 87.8 Å². The molecule has 4 saturated heterocycles. The van der Waals surface area contributed by atoms with Gasteiger partial charge in [0, 0.05) is 89.1 Å². The Morgan fingerprint density at radius 3 is 2.29 bits per heavy atom. The van der Waals surface area contributed by atoms with Crippen LogP contribution < -0.4 is 20.3 Å². The molecular formula is C50H61ClN10O7S. The highest BCUT2D eigenvalue weighted by Crippen LogP contribution is 2.39. The van der Waals surface area contributed by atoms with E-state index in [9.17, 15) is 29.5 Å². The van der Waals surface area contributed by atoms with Gasteiger partial charge in [-0.1, -0.05) is 56.6 Å². The average molecular weight is 982 g/mol. The Hall–Kier alpha value is -5.71. The number of likely N-dealkylation sites (tertiary alicyclic amines) is 1. The number of halogens is 1. The fraction of sp³-hybridized carbons (Fsp3) is 0.520. The average Bonchev–Trinajstić information content (AvgIpc) is 4.03. The number of amides is 4. The summed E-state index contributed by atoms with van der Waals surface area (Å²) in [6.45, 7) is 12.8. The summed E-state index contributed by atoms with van der Waals surface area (Å²) in [4.78, 5) is 77.1. The second-order valence-electron chi connectivity index (χ2n) is 19.6. The molecule has 0 aliphatic carbocycles. The van der Waals surface area contributed by atoms with Gasteiger partial charge in [0.1, 0.15) is 36.6 Å². The molecule has 4 aliphatic heterocycles. The molecule has 17 nitrogen and oxygen atoms in total. The summed E-state index contributed by atoms with van der Waals surface area (Å²) in [6.07, 6.45) is 5.63. The molecule has 7 atom stereocenters. The molecular weight excluding hydrogens is 920 g/mol. The maximum absolute atomic E-state index is 14.1. The number of nitrogens with one attached hydrogen (secondary N) is 2. The molecule has 69 heavy (non-hydrogen) atoms. The van der Waals surface area contributed by atoms with Crippen LogP contribution in [0.3, 0.4) is 0 Å². The quantitative estimate of drug-likeness (QED) is 0.132. The number of carbonyl (C=O) groups excluding carboxylic acids is 4. The number of fused-ring (bicyclic) bond motifs is 2. The van der Waals surface area contributed by atoms with Crippen LogP contribution in [0.4, 0.5) is 5.95 Å². The third kappa shape index (κ3) is 11.7. The van der Waals surface area contributed by atoms with Crippen molar-refractivity contribution >= 4 is 52.5 Å². The molecule has 8 rings (SSSR count). The summed E-state index contributed by atoms with van der Waals surface area (Å²) in [5.74, 6) is -0.141. The zero-order valence-electron chi connectivity index (χ0n) is 39.8. The predicted molar refractivity (Wildman–Crippen MR) is 261 cm³/mol. The van der Waals surface area contributed by atoms with Crippen LogP contribution in [0.25, 0.3) is 10.4 Å². The lowest BCUT2D eigenvalue weighted by molar-refractivity contribution is -0.144. The number of aromatic nitrogens is 3. The summed E-state index contributed by atoms with van der Waals surface area (Å²) < 4.78 is 12.0. The smallest absolute Gasteiger partial charge is 0.257 e. The van der Waals surface area contributed by atoms with Crippen molar-refractivity contribution in [3.63, 3.8) is 0 Å². The van der Waals surface area contributed by atoms with Crippen molar-refractivity contribution < 1.29 is 33.8 Å². The van der Waals surface area contributed by atoms with E-state index in [-0.39, 0.29) is 55.6 Å². The van der Waals surface area contributed by atoms with Gasteiger partial charge in [-0.05, 0) is 55.4 Å². The number of rotatable bonds is 15. The highest BCUT2D eigenvalue weighted by Gasteiger charge is 2.46. The van der Waals surface area contributed by atoms with E-state index in [1.807, 2.05) is 69.3 Å². The number of piperazine rings is 1. The first-order chi connectivity index (χ1) is 33.1. The van der Waals surface area contributed by atoms with E-state index in [4.69, 9.17) is 21.1 Å². The van der Waals surface area contributed by atoms with Gasteiger partial charge in [0.25, 0.3) is 5.91 Å². The number of aryl methyl sites for hydroxylation is 1. The Morgan fingerprint density at radius 2 is 1.67 bits per heavy atom. The van der Waals surface area contributed by atoms with E-state index in [0.29, 0.717) is 66.9 Å². The number of piperidine rings is 1. The minimum absolute atomic E-state index is 0.0185. The number of ether oxygens (including phenoxy) is 2. The molecule has 2 aromatic heterocycles. The van der Waals surface area contributed by atoms with Crippen LogP contribution in [-0.2, 0) is 19.1 Å². The number of hydrogen-bond donors (Lipinski definition) is 3. The molecule has 2 unspecified atom stereocenters. The maximum Gasteiger partial charge on any atom is 0.257 e. The molecule has 19 heteroatoms. The molecule has 0 spiro atoms. The number of anilines is 1. The molecule has 4 amide bonds. The van der Waals surface area contributed by atoms with Gasteiger partial charge in [-0.3, -0.25) is 24.1 Å². The second-order valence-corrected chi connectivity index (χ2v) is 20.9. The molecule has 4 aliphatic rings. The second kappa shape index (κ2) is 21.5. The summed E-state index contributed by atoms with van der Waals surface area (Å²) >= 11 is 7.79. The van der Waals surface area contributed by atoms with Crippen LogP contribution in [0.15, 0.2) is 60.4 Å². The molecule has 366 valence electrons. The van der Waals surface area contributed by atoms with Crippen molar-refractivity contribution in [2.45, 2.75) is 109 Å². The normalized spacial score (nSPS) is 22.5. The number of thiazole rings is 1. The van der Waals surface area contributed by atoms with Crippen molar-refractivity contribution in [3.8, 4) is 22.3 Å². The van der Waals surface area contributed by atoms with Crippen LogP contribution in [0.2, 0.25) is 5.02 Å². The summed E-state index contributed by atoms with van der Waals surface area (Å²) in [6, 6.07) is 13.0. The molecule has 2 bridgehead atoms. The number of aliphatic hydroxyl groups is 1. The van der Waals surface area contributed by atoms with E-state index in [0.717, 1.165) is 47.6 Å². The third-order valence-corrected chi connectivity index (χ3v) is 15.0. The third-order valence-electron chi connectivity index (χ3n) is 13.7. The lowest BCUT2D eigenvalue weighted by atomic mass is 9.85. The highest BCUT2D eigenvalue weighted by atomic mass is 35.5. The maximum atomic E-state index is 14.1. The lowest BCUT2D eigenvalue weighted by Gasteiger charge is -2.39. The number of carbonyl (C=O) groups is 4. The molecule has 2 aromatic carbocycles. The number of hydrogen-bond acceptors (Lipinski definition) is 14. The van der Waals surface area contributed by atoms with Gasteiger partial charge in [-0.25, -0.2) is 15.0 Å². The first-order valence-corrected chi connectivity index (χ1v) is 25.0. The first kappa shape index (κ1) is 49.7. The van der Waals surface area contributed by atoms with Crippen molar-refractivity contribution in [1.82, 2.24) is 40.3 Å². The predicted octanol–water partition coefficient (Wildman–Crippen LogP) is 5.16. The Kier molecular flexibility index (Phi) is 15.5. The molecule has 4 fully saturated rings. The topological polar surface area (TPSA) is 206 Å².